The minimum Gasteiger partial charge on any atom is -0.803 e. The fourth-order valence-corrected chi connectivity index (χ4v) is 0.679. The first-order chi connectivity index (χ1) is 6.79. The van der Waals surface area contributed by atoms with Gasteiger partial charge in [0.2, 0.25) is 5.82 Å². The van der Waals surface area contributed by atoms with Crippen molar-refractivity contribution in [1.82, 2.24) is 35.3 Å². The van der Waals surface area contributed by atoms with Gasteiger partial charge in [0.15, 0.2) is 5.82 Å². The lowest BCUT2D eigenvalue weighted by molar-refractivity contribution is -0.670. The normalized spacial score (nSPS) is 9.29. The summed E-state index contributed by atoms with van der Waals surface area (Å²) in [7, 11) is 0. The van der Waals surface area contributed by atoms with Crippen LogP contribution in [0.5, 0.6) is 0 Å². The molecule has 0 aliphatic carbocycles. The van der Waals surface area contributed by atoms with Crippen molar-refractivity contribution >= 4 is 0 Å². The van der Waals surface area contributed by atoms with E-state index >= 15 is 0 Å². The molecule has 0 atom stereocenters. The number of aromatic nitrogens is 7. The van der Waals surface area contributed by atoms with E-state index in [1.165, 1.54) is 0 Å². The number of rotatable bonds is 1. The van der Waals surface area contributed by atoms with E-state index in [2.05, 4.69) is 31.6 Å². The molecule has 0 aromatic carbocycles. The lowest BCUT2D eigenvalue weighted by Crippen LogP contribution is -2.42. The molecule has 2 rings (SSSR count). The van der Waals surface area contributed by atoms with Crippen molar-refractivity contribution in [2.75, 3.05) is 0 Å². The maximum atomic E-state index is 10.8. The summed E-state index contributed by atoms with van der Waals surface area (Å²) < 4.78 is 0.306. The largest absolute Gasteiger partial charge is 0.803 e. The van der Waals surface area contributed by atoms with Crippen LogP contribution in [0.2, 0.25) is 0 Å². The summed E-state index contributed by atoms with van der Waals surface area (Å²) in [5.41, 5.74) is 0. The standard InChI is InChI=1S/C3HN7O2.H4NO/c11-9-1-4-5-2(9)3-6-7-8-10(3)12;1-2/h1H;2H,1H3/q-2;+1. The minimum atomic E-state index is -0.262. The van der Waals surface area contributed by atoms with E-state index in [1.807, 2.05) is 0 Å². The molecule has 0 aliphatic heterocycles. The van der Waals surface area contributed by atoms with Crippen LogP contribution in [-0.4, -0.2) is 40.5 Å². The molecule has 0 saturated heterocycles. The summed E-state index contributed by atoms with van der Waals surface area (Å²) in [6.07, 6.45) is 0.907. The third-order valence-electron chi connectivity index (χ3n) is 1.16. The van der Waals surface area contributed by atoms with Crippen molar-refractivity contribution in [2.45, 2.75) is 0 Å². The molecule has 76 valence electrons. The first kappa shape index (κ1) is 9.82. The highest BCUT2D eigenvalue weighted by atomic mass is 16.5. The Morgan fingerprint density at radius 3 is 2.36 bits per heavy atom. The Balaban J connectivity index is 0.000000461. The molecule has 4 N–H and O–H groups in total. The molecule has 0 aliphatic rings. The predicted octanol–water partition coefficient (Wildman–Crippen LogP) is -2.76. The summed E-state index contributed by atoms with van der Waals surface area (Å²) in [6.45, 7) is 0. The van der Waals surface area contributed by atoms with Gasteiger partial charge in [-0.2, -0.15) is 0 Å². The van der Waals surface area contributed by atoms with Gasteiger partial charge >= 0.3 is 0 Å². The number of nitrogens with zero attached hydrogens (tertiary/aromatic N) is 7. The van der Waals surface area contributed by atoms with Crippen molar-refractivity contribution in [1.29, 1.82) is 0 Å². The van der Waals surface area contributed by atoms with Crippen LogP contribution in [0.1, 0.15) is 0 Å². The fourth-order valence-electron chi connectivity index (χ4n) is 0.679. The molecule has 0 unspecified atom stereocenters. The van der Waals surface area contributed by atoms with Gasteiger partial charge in [0.25, 0.3) is 0 Å². The molecule has 2 heterocycles. The molecule has 0 bridgehead atoms. The smallest absolute Gasteiger partial charge is 0.215 e. The lowest BCUT2D eigenvalue weighted by atomic mass is 10.6. The van der Waals surface area contributed by atoms with Gasteiger partial charge in [0.1, 0.15) is 6.33 Å². The van der Waals surface area contributed by atoms with Crippen LogP contribution < -0.4 is 5.90 Å². The average molecular weight is 201 g/mol. The number of hydrogen-bond acceptors (Lipinski definition) is 8. The van der Waals surface area contributed by atoms with Crippen molar-refractivity contribution in [3.05, 3.63) is 16.7 Å². The molecule has 14 heavy (non-hydrogen) atoms. The Bertz CT molecular complexity index is 356. The number of tetrazole rings is 1. The van der Waals surface area contributed by atoms with E-state index in [4.69, 9.17) is 5.21 Å². The summed E-state index contributed by atoms with van der Waals surface area (Å²) >= 11 is 0. The Labute approximate surface area is 75.9 Å². The third kappa shape index (κ3) is 1.57. The second-order valence-electron chi connectivity index (χ2n) is 1.86. The highest BCUT2D eigenvalue weighted by Gasteiger charge is 2.07. The summed E-state index contributed by atoms with van der Waals surface area (Å²) in [4.78, 5) is 0.0956. The molecule has 0 saturated carbocycles. The van der Waals surface area contributed by atoms with E-state index in [0.29, 0.717) is 4.73 Å². The Hall–Kier alpha value is -2.27. The fraction of sp³-hybridized carbons (Fsp3) is 0. The van der Waals surface area contributed by atoms with Gasteiger partial charge in [-0.15, -0.1) is 15.3 Å². The van der Waals surface area contributed by atoms with E-state index in [-0.39, 0.29) is 16.5 Å². The van der Waals surface area contributed by atoms with Crippen molar-refractivity contribution in [3.8, 4) is 11.6 Å². The van der Waals surface area contributed by atoms with Crippen LogP contribution >= 0.6 is 0 Å². The van der Waals surface area contributed by atoms with E-state index in [0.717, 1.165) is 6.33 Å². The van der Waals surface area contributed by atoms with Gasteiger partial charge in [-0.1, -0.05) is 0 Å². The van der Waals surface area contributed by atoms with Gasteiger partial charge < -0.3 is 15.1 Å². The molecule has 0 radical (unpaired) electrons. The van der Waals surface area contributed by atoms with E-state index < -0.39 is 0 Å². The molecular weight excluding hydrogens is 196 g/mol. The van der Waals surface area contributed by atoms with E-state index in [9.17, 15) is 10.4 Å². The second-order valence-corrected chi connectivity index (χ2v) is 1.86. The predicted molar refractivity (Wildman–Crippen MR) is 39.0 cm³/mol. The van der Waals surface area contributed by atoms with Crippen molar-refractivity contribution in [3.63, 3.8) is 0 Å². The molecule has 0 fully saturated rings. The molecule has 2 aromatic heterocycles. The van der Waals surface area contributed by atoms with Crippen LogP contribution in [0.3, 0.4) is 0 Å². The van der Waals surface area contributed by atoms with Crippen molar-refractivity contribution < 1.29 is 11.1 Å². The van der Waals surface area contributed by atoms with E-state index in [1.54, 1.807) is 0 Å². The topological polar surface area (TPSA) is 168 Å². The molecule has 11 nitrogen and oxygen atoms in total. The number of quaternary nitrogens is 1. The third-order valence-corrected chi connectivity index (χ3v) is 1.16. The van der Waals surface area contributed by atoms with Crippen LogP contribution in [-0.2, 0) is 0 Å². The zero-order valence-corrected chi connectivity index (χ0v) is 6.68. The van der Waals surface area contributed by atoms with Gasteiger partial charge in [0.05, 0.1) is 0 Å². The number of hydrogen-bond donors (Lipinski definition) is 2. The summed E-state index contributed by atoms with van der Waals surface area (Å²) in [5.74, 6) is 1.78. The quantitative estimate of drug-likeness (QED) is 0.467. The highest BCUT2D eigenvalue weighted by molar-refractivity contribution is 5.42. The molecule has 2 aromatic rings. The molecule has 11 heteroatoms. The summed E-state index contributed by atoms with van der Waals surface area (Å²) in [5, 5.41) is 44.2. The first-order valence-electron chi connectivity index (χ1n) is 3.14. The molecular formula is C3H5N8O3-. The SMILES string of the molecule is [NH3+]O.[O-]n1cnnc1-c1nnnn1[O-]. The van der Waals surface area contributed by atoms with Crippen LogP contribution in [0, 0.1) is 10.4 Å². The van der Waals surface area contributed by atoms with Crippen molar-refractivity contribution in [2.24, 2.45) is 0 Å². The Morgan fingerprint density at radius 1 is 1.21 bits per heavy atom. The van der Waals surface area contributed by atoms with Gasteiger partial charge in [-0.05, 0) is 10.4 Å². The summed E-state index contributed by atoms with van der Waals surface area (Å²) in [6, 6.07) is 0. The Kier molecular flexibility index (Phi) is 2.88. The Morgan fingerprint density at radius 2 is 1.93 bits per heavy atom. The van der Waals surface area contributed by atoms with Crippen LogP contribution in [0.25, 0.3) is 11.6 Å². The van der Waals surface area contributed by atoms with Gasteiger partial charge in [0, 0.05) is 0 Å². The van der Waals surface area contributed by atoms with Crippen LogP contribution in [0.4, 0.5) is 0 Å². The zero-order chi connectivity index (χ0) is 10.6. The molecule has 0 amide bonds. The first-order valence-corrected chi connectivity index (χ1v) is 3.14. The maximum absolute atomic E-state index is 10.8. The highest BCUT2D eigenvalue weighted by Crippen LogP contribution is 2.08. The minimum absolute atomic E-state index is 0.0956. The van der Waals surface area contributed by atoms with Gasteiger partial charge in [-0.3, -0.25) is 4.85 Å². The maximum Gasteiger partial charge on any atom is 0.215 e. The average Bonchev–Trinajstić information content (AvgIpc) is 2.78. The van der Waals surface area contributed by atoms with Crippen LogP contribution in [0.15, 0.2) is 6.33 Å². The molecule has 0 spiro atoms. The second kappa shape index (κ2) is 4.11. The monoisotopic (exact) mass is 201 g/mol. The lowest BCUT2D eigenvalue weighted by Gasteiger charge is -2.09. The zero-order valence-electron chi connectivity index (χ0n) is 6.68. The van der Waals surface area contributed by atoms with Gasteiger partial charge in [-0.25, -0.2) is 11.1 Å².